The van der Waals surface area contributed by atoms with E-state index in [1.807, 2.05) is 25.7 Å². The first-order valence-corrected chi connectivity index (χ1v) is 13.6. The first-order chi connectivity index (χ1) is 16.1. The van der Waals surface area contributed by atoms with Crippen molar-refractivity contribution >= 4 is 11.9 Å². The second-order valence-electron chi connectivity index (χ2n) is 12.6. The Morgan fingerprint density at radius 1 is 1.12 bits per heavy atom. The average molecular weight is 478 g/mol. The normalized spacial score (nSPS) is 42.3. The van der Waals surface area contributed by atoms with Gasteiger partial charge in [0.05, 0.1) is 19.3 Å². The number of aliphatic hydroxyl groups excluding tert-OH is 1. The van der Waals surface area contributed by atoms with Gasteiger partial charge in [0, 0.05) is 36.8 Å². The van der Waals surface area contributed by atoms with Crippen molar-refractivity contribution in [3.05, 3.63) is 0 Å². The number of Topliss-reactive ketones (excluding diaryl/α,β-unsaturated/α-hetero) is 1. The molecule has 1 unspecified atom stereocenters. The van der Waals surface area contributed by atoms with Crippen molar-refractivity contribution in [1.29, 1.82) is 0 Å². The number of ether oxygens (including phenoxy) is 3. The molecule has 34 heavy (non-hydrogen) atoms. The van der Waals surface area contributed by atoms with E-state index < -0.39 is 17.5 Å². The van der Waals surface area contributed by atoms with Gasteiger partial charge in [-0.3, -0.25) is 4.79 Å². The van der Waals surface area contributed by atoms with Gasteiger partial charge in [-0.2, -0.15) is 0 Å². The van der Waals surface area contributed by atoms with E-state index in [1.54, 1.807) is 0 Å². The standard InChI is InChI=1S/C27H43NO6/c1-16-9-10-20-21(28(16)25(31)34-26(2,3)4)13-17(15-27(20)32-11-12-33-27)24-19-8-6-5-7-18(19)22(29)14-23(24)30/h16-21,23-24,30H,5-15H2,1-4H3/t16-,17-,18+,19+,20+,21+,23?,24-/m0/s1. The third-order valence-corrected chi connectivity index (χ3v) is 9.35. The fraction of sp³-hybridized carbons (Fsp3) is 0.926. The zero-order valence-electron chi connectivity index (χ0n) is 21.3. The second-order valence-corrected chi connectivity index (χ2v) is 12.6. The third kappa shape index (κ3) is 4.30. The lowest BCUT2D eigenvalue weighted by Gasteiger charge is -2.57. The molecule has 8 atom stereocenters. The molecule has 1 amide bonds. The predicted molar refractivity (Wildman–Crippen MR) is 126 cm³/mol. The van der Waals surface area contributed by atoms with Gasteiger partial charge in [-0.05, 0) is 77.6 Å². The van der Waals surface area contributed by atoms with Gasteiger partial charge in [0.25, 0.3) is 0 Å². The van der Waals surface area contributed by atoms with Crippen LogP contribution in [-0.4, -0.2) is 64.7 Å². The van der Waals surface area contributed by atoms with Gasteiger partial charge in [0.2, 0.25) is 0 Å². The number of hydrogen-bond donors (Lipinski definition) is 1. The Balaban J connectivity index is 1.48. The first kappa shape index (κ1) is 24.5. The molecule has 7 heteroatoms. The zero-order chi connectivity index (χ0) is 24.3. The Hall–Kier alpha value is -1.18. The van der Waals surface area contributed by atoms with Crippen LogP contribution in [0.1, 0.15) is 85.5 Å². The van der Waals surface area contributed by atoms with Gasteiger partial charge in [0.1, 0.15) is 11.4 Å². The summed E-state index contributed by atoms with van der Waals surface area (Å²) in [4.78, 5) is 28.2. The SMILES string of the molecule is C[C@H]1CC[C@@H]2[C@@H](C[C@H]([C@@H]3C(O)CC(=O)[C@@H]4CCCC[C@@H]34)CC23OCCO3)N1C(=O)OC(C)(C)C. The van der Waals surface area contributed by atoms with Gasteiger partial charge >= 0.3 is 6.09 Å². The quantitative estimate of drug-likeness (QED) is 0.606. The summed E-state index contributed by atoms with van der Waals surface area (Å²) in [5.74, 6) is 0.120. The molecule has 192 valence electrons. The Kier molecular flexibility index (Phi) is 6.52. The molecule has 3 aliphatic carbocycles. The van der Waals surface area contributed by atoms with E-state index >= 15 is 0 Å². The van der Waals surface area contributed by atoms with Gasteiger partial charge in [-0.15, -0.1) is 0 Å². The molecule has 2 saturated heterocycles. The Labute approximate surface area is 203 Å². The minimum atomic E-state index is -0.709. The van der Waals surface area contributed by atoms with Crippen LogP contribution in [0.4, 0.5) is 4.79 Å². The van der Waals surface area contributed by atoms with Crippen LogP contribution in [0.15, 0.2) is 0 Å². The van der Waals surface area contributed by atoms with Crippen molar-refractivity contribution in [2.75, 3.05) is 13.2 Å². The number of nitrogens with zero attached hydrogens (tertiary/aromatic N) is 1. The minimum absolute atomic E-state index is 0.0475. The largest absolute Gasteiger partial charge is 0.444 e. The van der Waals surface area contributed by atoms with Crippen LogP contribution in [0.5, 0.6) is 0 Å². The molecule has 0 bridgehead atoms. The van der Waals surface area contributed by atoms with E-state index in [0.717, 1.165) is 51.4 Å². The summed E-state index contributed by atoms with van der Waals surface area (Å²) in [7, 11) is 0. The van der Waals surface area contributed by atoms with Crippen LogP contribution in [-0.2, 0) is 19.0 Å². The van der Waals surface area contributed by atoms with Crippen molar-refractivity contribution < 1.29 is 28.9 Å². The van der Waals surface area contributed by atoms with E-state index in [2.05, 4.69) is 6.92 Å². The highest BCUT2D eigenvalue weighted by atomic mass is 16.7. The Morgan fingerprint density at radius 3 is 2.53 bits per heavy atom. The van der Waals surface area contributed by atoms with Crippen LogP contribution in [0.3, 0.4) is 0 Å². The van der Waals surface area contributed by atoms with E-state index in [-0.39, 0.29) is 60.0 Å². The van der Waals surface area contributed by atoms with Crippen molar-refractivity contribution in [3.8, 4) is 0 Å². The summed E-state index contributed by atoms with van der Waals surface area (Å²) in [6.45, 7) is 8.96. The summed E-state index contributed by atoms with van der Waals surface area (Å²) >= 11 is 0. The molecular formula is C27H43NO6. The summed E-state index contributed by atoms with van der Waals surface area (Å²) in [6, 6.07) is 0.0240. The number of rotatable bonds is 1. The van der Waals surface area contributed by atoms with Crippen molar-refractivity contribution in [3.63, 3.8) is 0 Å². The fourth-order valence-electron chi connectivity index (χ4n) is 8.16. The zero-order valence-corrected chi connectivity index (χ0v) is 21.3. The lowest BCUT2D eigenvalue weighted by Crippen LogP contribution is -2.64. The summed E-state index contributed by atoms with van der Waals surface area (Å²) in [5, 5.41) is 11.2. The maximum absolute atomic E-state index is 13.4. The fourth-order valence-corrected chi connectivity index (χ4v) is 8.16. The van der Waals surface area contributed by atoms with E-state index in [0.29, 0.717) is 13.2 Å². The average Bonchev–Trinajstić information content (AvgIpc) is 3.21. The van der Waals surface area contributed by atoms with Crippen LogP contribution < -0.4 is 0 Å². The highest BCUT2D eigenvalue weighted by molar-refractivity contribution is 5.83. The van der Waals surface area contributed by atoms with Crippen LogP contribution in [0, 0.1) is 29.6 Å². The predicted octanol–water partition coefficient (Wildman–Crippen LogP) is 4.30. The molecule has 5 rings (SSSR count). The maximum atomic E-state index is 13.4. The third-order valence-electron chi connectivity index (χ3n) is 9.35. The molecular weight excluding hydrogens is 434 g/mol. The van der Waals surface area contributed by atoms with Crippen LogP contribution in [0.25, 0.3) is 0 Å². The van der Waals surface area contributed by atoms with Gasteiger partial charge in [-0.25, -0.2) is 4.79 Å². The number of carbonyl (C=O) groups excluding carboxylic acids is 2. The molecule has 0 aromatic heterocycles. The van der Waals surface area contributed by atoms with Crippen molar-refractivity contribution in [2.45, 2.75) is 115 Å². The summed E-state index contributed by atoms with van der Waals surface area (Å²) in [5.41, 5.74) is -0.564. The topological polar surface area (TPSA) is 85.3 Å². The number of fused-ring (bicyclic) bond motifs is 3. The first-order valence-electron chi connectivity index (χ1n) is 13.6. The van der Waals surface area contributed by atoms with Crippen LogP contribution >= 0.6 is 0 Å². The number of amides is 1. The summed E-state index contributed by atoms with van der Waals surface area (Å²) in [6.07, 6.45) is 6.94. The lowest BCUT2D eigenvalue weighted by molar-refractivity contribution is -0.255. The van der Waals surface area contributed by atoms with E-state index in [9.17, 15) is 14.7 Å². The van der Waals surface area contributed by atoms with Gasteiger partial charge in [0.15, 0.2) is 5.79 Å². The lowest BCUT2D eigenvalue weighted by atomic mass is 9.56. The van der Waals surface area contributed by atoms with Crippen LogP contribution in [0.2, 0.25) is 0 Å². The summed E-state index contributed by atoms with van der Waals surface area (Å²) < 4.78 is 18.6. The minimum Gasteiger partial charge on any atom is -0.444 e. The molecule has 2 aliphatic heterocycles. The molecule has 0 aromatic carbocycles. The Bertz CT molecular complexity index is 786. The number of aliphatic hydroxyl groups is 1. The molecule has 1 spiro atoms. The molecule has 3 saturated carbocycles. The molecule has 2 heterocycles. The molecule has 7 nitrogen and oxygen atoms in total. The van der Waals surface area contributed by atoms with E-state index in [1.165, 1.54) is 0 Å². The van der Waals surface area contributed by atoms with Crippen molar-refractivity contribution in [1.82, 2.24) is 4.90 Å². The van der Waals surface area contributed by atoms with Crippen molar-refractivity contribution in [2.24, 2.45) is 29.6 Å². The number of carbonyl (C=O) groups is 2. The number of ketones is 1. The smallest absolute Gasteiger partial charge is 0.410 e. The van der Waals surface area contributed by atoms with E-state index in [4.69, 9.17) is 14.2 Å². The molecule has 0 radical (unpaired) electrons. The van der Waals surface area contributed by atoms with Gasteiger partial charge in [-0.1, -0.05) is 12.8 Å². The molecule has 1 N–H and O–H groups in total. The number of hydrogen-bond acceptors (Lipinski definition) is 6. The van der Waals surface area contributed by atoms with Gasteiger partial charge < -0.3 is 24.2 Å². The monoisotopic (exact) mass is 477 g/mol. The second kappa shape index (κ2) is 9.04. The Morgan fingerprint density at radius 2 is 1.82 bits per heavy atom. The highest BCUT2D eigenvalue weighted by Gasteiger charge is 2.60. The molecule has 0 aromatic rings. The maximum Gasteiger partial charge on any atom is 0.410 e. The highest BCUT2D eigenvalue weighted by Crippen LogP contribution is 2.55. The number of likely N-dealkylation sites (tertiary alicyclic amines) is 1. The number of piperidine rings is 1. The molecule has 5 fully saturated rings. The molecule has 5 aliphatic rings.